The molecule has 0 saturated carbocycles. The summed E-state index contributed by atoms with van der Waals surface area (Å²) < 4.78 is 26.8. The molecule has 31 heavy (non-hydrogen) atoms. The largest absolute Gasteiger partial charge is 0.392 e. The molecule has 0 spiro atoms. The van der Waals surface area contributed by atoms with E-state index in [4.69, 9.17) is 0 Å². The Morgan fingerprint density at radius 3 is 2.32 bits per heavy atom. The molecule has 0 heterocycles. The molecule has 3 aromatic carbocycles. The Hall–Kier alpha value is -2.56. The third kappa shape index (κ3) is 5.03. The van der Waals surface area contributed by atoms with E-state index in [2.05, 4.69) is 55.6 Å². The van der Waals surface area contributed by atoms with Crippen molar-refractivity contribution >= 4 is 0 Å². The predicted octanol–water partition coefficient (Wildman–Crippen LogP) is 5.82. The van der Waals surface area contributed by atoms with Crippen LogP contribution in [-0.2, 0) is 12.8 Å². The van der Waals surface area contributed by atoms with E-state index in [1.165, 1.54) is 39.9 Å². The molecule has 0 saturated heterocycles. The topological polar surface area (TPSA) is 32.3 Å². The molecule has 0 aromatic heterocycles. The summed E-state index contributed by atoms with van der Waals surface area (Å²) in [5.74, 6) is -0.583. The van der Waals surface area contributed by atoms with Crippen LogP contribution in [0.5, 0.6) is 0 Å². The van der Waals surface area contributed by atoms with Gasteiger partial charge in [0.05, 0.1) is 12.1 Å². The van der Waals surface area contributed by atoms with E-state index in [1.54, 1.807) is 0 Å². The minimum atomic E-state index is -0.610. The number of fused-ring (bicyclic) bond motifs is 3. The van der Waals surface area contributed by atoms with Gasteiger partial charge in [-0.3, -0.25) is 0 Å². The average Bonchev–Trinajstić information content (AvgIpc) is 3.02. The highest BCUT2D eigenvalue weighted by molar-refractivity contribution is 5.78. The van der Waals surface area contributed by atoms with Crippen LogP contribution < -0.4 is 5.32 Å². The second-order valence-electron chi connectivity index (χ2n) is 8.92. The van der Waals surface area contributed by atoms with Gasteiger partial charge < -0.3 is 10.4 Å². The number of aliphatic hydroxyl groups is 1. The zero-order valence-corrected chi connectivity index (χ0v) is 18.0. The summed E-state index contributed by atoms with van der Waals surface area (Å²) in [6, 6.07) is 18.6. The zero-order valence-electron chi connectivity index (χ0n) is 18.0. The lowest BCUT2D eigenvalue weighted by Gasteiger charge is -2.19. The number of aliphatic hydroxyl groups excluding tert-OH is 1. The molecule has 0 radical (unpaired) electrons. The van der Waals surface area contributed by atoms with Gasteiger partial charge >= 0.3 is 0 Å². The van der Waals surface area contributed by atoms with Gasteiger partial charge in [-0.05, 0) is 70.7 Å². The summed E-state index contributed by atoms with van der Waals surface area (Å²) in [7, 11) is 0. The van der Waals surface area contributed by atoms with Crippen molar-refractivity contribution in [3.05, 3.63) is 94.6 Å². The molecule has 2 unspecified atom stereocenters. The first-order chi connectivity index (χ1) is 14.9. The van der Waals surface area contributed by atoms with Gasteiger partial charge in [-0.2, -0.15) is 0 Å². The molecule has 2 atom stereocenters. The number of hydrogen-bond donors (Lipinski definition) is 2. The zero-order chi connectivity index (χ0) is 22.0. The van der Waals surface area contributed by atoms with Crippen LogP contribution in [0.15, 0.2) is 60.7 Å². The fraction of sp³-hybridized carbons (Fsp3) is 0.333. The summed E-state index contributed by atoms with van der Waals surface area (Å²) in [6.07, 6.45) is 1.28. The number of halogens is 2. The first kappa shape index (κ1) is 21.7. The molecule has 1 aliphatic carbocycles. The Labute approximate surface area is 182 Å². The third-order valence-electron chi connectivity index (χ3n) is 5.88. The van der Waals surface area contributed by atoms with Gasteiger partial charge in [0.25, 0.3) is 0 Å². The Kier molecular flexibility index (Phi) is 6.49. The standard InChI is InChI=1S/C27H29F2NO/c1-17(2)11-18-8-10-24-23-5-3-4-6-25(23)27(26(24)14-18)30-16-22(31)9-7-19-12-20(28)15-21(29)13-19/h3-6,8,10,12-15,17,22,27,30-31H,7,9,11,16H2,1-2H3. The van der Waals surface area contributed by atoms with Crippen molar-refractivity contribution in [3.63, 3.8) is 0 Å². The van der Waals surface area contributed by atoms with Crippen LogP contribution in [0.25, 0.3) is 11.1 Å². The normalized spacial score (nSPS) is 15.7. The SMILES string of the molecule is CC(C)Cc1ccc2c(c1)C(NCC(O)CCc1cc(F)cc(F)c1)c1ccccc1-2. The van der Waals surface area contributed by atoms with Gasteiger partial charge in [-0.25, -0.2) is 8.78 Å². The highest BCUT2D eigenvalue weighted by Crippen LogP contribution is 2.43. The summed E-state index contributed by atoms with van der Waals surface area (Å²) >= 11 is 0. The molecule has 0 bridgehead atoms. The van der Waals surface area contributed by atoms with Gasteiger partial charge in [0.1, 0.15) is 11.6 Å². The minimum absolute atomic E-state index is 0.0274. The smallest absolute Gasteiger partial charge is 0.126 e. The molecule has 4 rings (SSSR count). The number of rotatable bonds is 8. The Morgan fingerprint density at radius 2 is 1.58 bits per heavy atom. The van der Waals surface area contributed by atoms with Crippen molar-refractivity contribution in [2.45, 2.75) is 45.3 Å². The fourth-order valence-electron chi connectivity index (χ4n) is 4.52. The average molecular weight is 422 g/mol. The van der Waals surface area contributed by atoms with E-state index in [0.29, 0.717) is 30.9 Å². The predicted molar refractivity (Wildman–Crippen MR) is 121 cm³/mol. The van der Waals surface area contributed by atoms with Crippen molar-refractivity contribution in [3.8, 4) is 11.1 Å². The molecule has 3 aromatic rings. The quantitative estimate of drug-likeness (QED) is 0.481. The first-order valence-corrected chi connectivity index (χ1v) is 11.0. The van der Waals surface area contributed by atoms with E-state index in [9.17, 15) is 13.9 Å². The van der Waals surface area contributed by atoms with Crippen molar-refractivity contribution in [1.29, 1.82) is 0 Å². The van der Waals surface area contributed by atoms with Crippen molar-refractivity contribution in [1.82, 2.24) is 5.32 Å². The lowest BCUT2D eigenvalue weighted by molar-refractivity contribution is 0.159. The van der Waals surface area contributed by atoms with Gasteiger partial charge in [0.15, 0.2) is 0 Å². The maximum absolute atomic E-state index is 13.4. The van der Waals surface area contributed by atoms with E-state index in [1.807, 2.05) is 6.07 Å². The Morgan fingerprint density at radius 1 is 0.871 bits per heavy atom. The molecule has 0 amide bonds. The maximum Gasteiger partial charge on any atom is 0.126 e. The highest BCUT2D eigenvalue weighted by atomic mass is 19.1. The second kappa shape index (κ2) is 9.29. The highest BCUT2D eigenvalue weighted by Gasteiger charge is 2.28. The van der Waals surface area contributed by atoms with Crippen LogP contribution in [0.4, 0.5) is 8.78 Å². The van der Waals surface area contributed by atoms with Crippen LogP contribution >= 0.6 is 0 Å². The molecular weight excluding hydrogens is 392 g/mol. The number of benzene rings is 3. The summed E-state index contributed by atoms with van der Waals surface area (Å²) in [6.45, 7) is 4.85. The van der Waals surface area contributed by atoms with Crippen molar-refractivity contribution in [2.24, 2.45) is 5.92 Å². The van der Waals surface area contributed by atoms with Crippen LogP contribution in [0.3, 0.4) is 0 Å². The number of nitrogens with one attached hydrogen (secondary N) is 1. The monoisotopic (exact) mass is 421 g/mol. The van der Waals surface area contributed by atoms with E-state index in [-0.39, 0.29) is 6.04 Å². The van der Waals surface area contributed by atoms with Crippen LogP contribution in [0.2, 0.25) is 0 Å². The molecule has 0 fully saturated rings. The summed E-state index contributed by atoms with van der Waals surface area (Å²) in [5, 5.41) is 14.1. The van der Waals surface area contributed by atoms with Crippen LogP contribution in [0, 0.1) is 17.6 Å². The summed E-state index contributed by atoms with van der Waals surface area (Å²) in [4.78, 5) is 0. The molecule has 162 valence electrons. The Balaban J connectivity index is 1.46. The summed E-state index contributed by atoms with van der Waals surface area (Å²) in [5.41, 5.74) is 6.83. The molecule has 4 heteroatoms. The maximum atomic E-state index is 13.4. The van der Waals surface area contributed by atoms with E-state index in [0.717, 1.165) is 12.5 Å². The molecule has 1 aliphatic rings. The van der Waals surface area contributed by atoms with E-state index < -0.39 is 17.7 Å². The minimum Gasteiger partial charge on any atom is -0.392 e. The molecule has 0 aliphatic heterocycles. The first-order valence-electron chi connectivity index (χ1n) is 11.0. The Bertz CT molecular complexity index is 1040. The van der Waals surface area contributed by atoms with Gasteiger partial charge in [-0.15, -0.1) is 0 Å². The third-order valence-corrected chi connectivity index (χ3v) is 5.88. The lowest BCUT2D eigenvalue weighted by atomic mass is 9.97. The lowest BCUT2D eigenvalue weighted by Crippen LogP contribution is -2.30. The van der Waals surface area contributed by atoms with Gasteiger partial charge in [-0.1, -0.05) is 56.3 Å². The van der Waals surface area contributed by atoms with Gasteiger partial charge in [0.2, 0.25) is 0 Å². The second-order valence-corrected chi connectivity index (χ2v) is 8.92. The molecule has 2 nitrogen and oxygen atoms in total. The fourth-order valence-corrected chi connectivity index (χ4v) is 4.52. The number of hydrogen-bond acceptors (Lipinski definition) is 2. The van der Waals surface area contributed by atoms with Crippen molar-refractivity contribution < 1.29 is 13.9 Å². The number of aryl methyl sites for hydroxylation is 1. The van der Waals surface area contributed by atoms with Gasteiger partial charge in [0, 0.05) is 12.6 Å². The van der Waals surface area contributed by atoms with Crippen molar-refractivity contribution in [2.75, 3.05) is 6.54 Å². The van der Waals surface area contributed by atoms with Crippen LogP contribution in [0.1, 0.15) is 48.6 Å². The van der Waals surface area contributed by atoms with E-state index >= 15 is 0 Å². The molecule has 2 N–H and O–H groups in total. The molecular formula is C27H29F2NO. The van der Waals surface area contributed by atoms with Crippen LogP contribution in [-0.4, -0.2) is 17.8 Å².